The highest BCUT2D eigenvalue weighted by atomic mass is 16.5. The highest BCUT2D eigenvalue weighted by Gasteiger charge is 2.00. The molecule has 0 unspecified atom stereocenters. The molecule has 0 aliphatic heterocycles. The van der Waals surface area contributed by atoms with E-state index in [2.05, 4.69) is 10.3 Å². The molecule has 1 aromatic rings. The molecule has 0 aliphatic carbocycles. The molecule has 1 rings (SSSR count). The Balaban J connectivity index is 2.31. The van der Waals surface area contributed by atoms with E-state index in [1.54, 1.807) is 19.2 Å². The third kappa shape index (κ3) is 3.55. The first kappa shape index (κ1) is 9.51. The summed E-state index contributed by atoms with van der Waals surface area (Å²) in [7, 11) is 0. The average molecular weight is 180 g/mol. The summed E-state index contributed by atoms with van der Waals surface area (Å²) in [6.07, 6.45) is 1.66. The van der Waals surface area contributed by atoms with Crippen LogP contribution in [0.1, 0.15) is 6.92 Å². The highest BCUT2D eigenvalue weighted by Crippen LogP contribution is 1.98. The van der Waals surface area contributed by atoms with Gasteiger partial charge in [-0.2, -0.15) is 0 Å². The number of pyridine rings is 1. The monoisotopic (exact) mass is 180 g/mol. The van der Waals surface area contributed by atoms with Crippen LogP contribution in [0.2, 0.25) is 0 Å². The molecule has 70 valence electrons. The van der Waals surface area contributed by atoms with Crippen molar-refractivity contribution in [3.63, 3.8) is 0 Å². The van der Waals surface area contributed by atoms with Crippen LogP contribution in [0, 0.1) is 0 Å². The summed E-state index contributed by atoms with van der Waals surface area (Å²) in [5.74, 6) is 0.406. The van der Waals surface area contributed by atoms with Crippen molar-refractivity contribution in [2.24, 2.45) is 0 Å². The Kier molecular flexibility index (Phi) is 3.75. The Morgan fingerprint density at radius 2 is 2.46 bits per heavy atom. The van der Waals surface area contributed by atoms with Gasteiger partial charge in [0.2, 0.25) is 0 Å². The average Bonchev–Trinajstić information content (AvgIpc) is 2.17. The van der Waals surface area contributed by atoms with Crippen molar-refractivity contribution in [3.8, 4) is 0 Å². The number of aromatic nitrogens is 1. The van der Waals surface area contributed by atoms with E-state index in [1.807, 2.05) is 12.1 Å². The molecule has 1 aromatic heterocycles. The van der Waals surface area contributed by atoms with Crippen LogP contribution in [0.4, 0.5) is 5.82 Å². The minimum atomic E-state index is -0.270. The largest absolute Gasteiger partial charge is 0.465 e. The number of hydrogen-bond acceptors (Lipinski definition) is 4. The van der Waals surface area contributed by atoms with E-state index in [-0.39, 0.29) is 12.5 Å². The molecule has 0 bridgehead atoms. The van der Waals surface area contributed by atoms with Crippen LogP contribution in [0.25, 0.3) is 0 Å². The molecule has 0 amide bonds. The molecule has 1 N–H and O–H groups in total. The number of nitrogens with one attached hydrogen (secondary N) is 1. The standard InChI is InChI=1S/C9H12N2O2/c1-2-13-9(12)7-11-8-5-3-4-6-10-8/h3-6H,2,7H2,1H3,(H,10,11). The molecular formula is C9H12N2O2. The fourth-order valence-corrected chi connectivity index (χ4v) is 0.842. The van der Waals surface area contributed by atoms with Crippen LogP contribution in [0.3, 0.4) is 0 Å². The molecule has 0 fully saturated rings. The van der Waals surface area contributed by atoms with Crippen molar-refractivity contribution in [2.75, 3.05) is 18.5 Å². The van der Waals surface area contributed by atoms with Crippen molar-refractivity contribution in [1.82, 2.24) is 4.98 Å². The third-order valence-electron chi connectivity index (χ3n) is 1.38. The van der Waals surface area contributed by atoms with Crippen LogP contribution in [-0.4, -0.2) is 24.1 Å². The van der Waals surface area contributed by atoms with E-state index in [0.29, 0.717) is 12.4 Å². The lowest BCUT2D eigenvalue weighted by molar-refractivity contribution is -0.140. The Morgan fingerprint density at radius 1 is 1.62 bits per heavy atom. The van der Waals surface area contributed by atoms with Gasteiger partial charge in [-0.05, 0) is 19.1 Å². The number of hydrogen-bond donors (Lipinski definition) is 1. The molecule has 4 nitrogen and oxygen atoms in total. The quantitative estimate of drug-likeness (QED) is 0.704. The molecule has 0 saturated heterocycles. The molecule has 0 aliphatic rings. The zero-order valence-corrected chi connectivity index (χ0v) is 7.49. The van der Waals surface area contributed by atoms with Gasteiger partial charge >= 0.3 is 5.97 Å². The zero-order chi connectivity index (χ0) is 9.52. The van der Waals surface area contributed by atoms with E-state index in [0.717, 1.165) is 0 Å². The van der Waals surface area contributed by atoms with E-state index < -0.39 is 0 Å². The fraction of sp³-hybridized carbons (Fsp3) is 0.333. The smallest absolute Gasteiger partial charge is 0.325 e. The van der Waals surface area contributed by atoms with Gasteiger partial charge in [-0.25, -0.2) is 4.98 Å². The first-order chi connectivity index (χ1) is 6.33. The first-order valence-corrected chi connectivity index (χ1v) is 4.13. The van der Waals surface area contributed by atoms with Crippen molar-refractivity contribution in [2.45, 2.75) is 6.92 Å². The van der Waals surface area contributed by atoms with Gasteiger partial charge in [0.15, 0.2) is 0 Å². The van der Waals surface area contributed by atoms with E-state index in [1.165, 1.54) is 0 Å². The van der Waals surface area contributed by atoms with Crippen LogP contribution >= 0.6 is 0 Å². The molecule has 1 heterocycles. The second-order valence-corrected chi connectivity index (χ2v) is 2.37. The topological polar surface area (TPSA) is 51.2 Å². The number of nitrogens with zero attached hydrogens (tertiary/aromatic N) is 1. The van der Waals surface area contributed by atoms with Gasteiger partial charge in [0.25, 0.3) is 0 Å². The third-order valence-corrected chi connectivity index (χ3v) is 1.38. The fourth-order valence-electron chi connectivity index (χ4n) is 0.842. The van der Waals surface area contributed by atoms with E-state index in [4.69, 9.17) is 4.74 Å². The summed E-state index contributed by atoms with van der Waals surface area (Å²) in [4.78, 5) is 14.9. The van der Waals surface area contributed by atoms with Gasteiger partial charge in [-0.15, -0.1) is 0 Å². The molecule has 13 heavy (non-hydrogen) atoms. The lowest BCUT2D eigenvalue weighted by Crippen LogP contribution is -2.17. The number of carbonyl (C=O) groups excluding carboxylic acids is 1. The summed E-state index contributed by atoms with van der Waals surface area (Å²) in [6, 6.07) is 5.45. The van der Waals surface area contributed by atoms with Crippen molar-refractivity contribution in [1.29, 1.82) is 0 Å². The minimum absolute atomic E-state index is 0.158. The van der Waals surface area contributed by atoms with Gasteiger partial charge in [0.1, 0.15) is 12.4 Å². The van der Waals surface area contributed by atoms with Crippen molar-refractivity contribution >= 4 is 11.8 Å². The summed E-state index contributed by atoms with van der Waals surface area (Å²) < 4.78 is 4.73. The summed E-state index contributed by atoms with van der Waals surface area (Å²) in [5.41, 5.74) is 0. The van der Waals surface area contributed by atoms with Gasteiger partial charge in [-0.1, -0.05) is 6.07 Å². The van der Waals surface area contributed by atoms with Crippen LogP contribution in [0.15, 0.2) is 24.4 Å². The summed E-state index contributed by atoms with van der Waals surface area (Å²) in [6.45, 7) is 2.34. The normalized spacial score (nSPS) is 9.31. The molecule has 4 heteroatoms. The zero-order valence-electron chi connectivity index (χ0n) is 7.49. The van der Waals surface area contributed by atoms with Gasteiger partial charge in [0.05, 0.1) is 6.61 Å². The van der Waals surface area contributed by atoms with Crippen molar-refractivity contribution in [3.05, 3.63) is 24.4 Å². The van der Waals surface area contributed by atoms with Crippen LogP contribution < -0.4 is 5.32 Å². The number of carbonyl (C=O) groups is 1. The first-order valence-electron chi connectivity index (χ1n) is 4.13. The van der Waals surface area contributed by atoms with Gasteiger partial charge < -0.3 is 10.1 Å². The molecule has 0 atom stereocenters. The second-order valence-electron chi connectivity index (χ2n) is 2.37. The number of esters is 1. The Labute approximate surface area is 76.9 Å². The predicted molar refractivity (Wildman–Crippen MR) is 49.4 cm³/mol. The number of ether oxygens (including phenoxy) is 1. The number of anilines is 1. The van der Waals surface area contributed by atoms with Gasteiger partial charge in [-0.3, -0.25) is 4.79 Å². The summed E-state index contributed by atoms with van der Waals surface area (Å²) in [5, 5.41) is 2.84. The maximum Gasteiger partial charge on any atom is 0.325 e. The maximum absolute atomic E-state index is 10.9. The van der Waals surface area contributed by atoms with E-state index in [9.17, 15) is 4.79 Å². The molecule has 0 radical (unpaired) electrons. The predicted octanol–water partition coefficient (Wildman–Crippen LogP) is 1.06. The van der Waals surface area contributed by atoms with Gasteiger partial charge in [0, 0.05) is 6.20 Å². The lowest BCUT2D eigenvalue weighted by Gasteiger charge is -2.03. The van der Waals surface area contributed by atoms with E-state index >= 15 is 0 Å². The SMILES string of the molecule is CCOC(=O)CNc1ccccn1. The van der Waals surface area contributed by atoms with Crippen molar-refractivity contribution < 1.29 is 9.53 Å². The Hall–Kier alpha value is -1.58. The Morgan fingerprint density at radius 3 is 3.08 bits per heavy atom. The molecule has 0 spiro atoms. The summed E-state index contributed by atoms with van der Waals surface area (Å²) >= 11 is 0. The molecule has 0 saturated carbocycles. The maximum atomic E-state index is 10.9. The van der Waals surface area contributed by atoms with Crippen LogP contribution in [0.5, 0.6) is 0 Å². The highest BCUT2D eigenvalue weighted by molar-refractivity contribution is 5.74. The second kappa shape index (κ2) is 5.13. The minimum Gasteiger partial charge on any atom is -0.465 e. The molecule has 0 aromatic carbocycles. The number of rotatable bonds is 4. The lowest BCUT2D eigenvalue weighted by atomic mass is 10.4. The van der Waals surface area contributed by atoms with Crippen LogP contribution in [-0.2, 0) is 9.53 Å². The Bertz CT molecular complexity index is 262. The molecular weight excluding hydrogens is 168 g/mol.